The van der Waals surface area contributed by atoms with Crippen molar-refractivity contribution in [2.75, 3.05) is 40.4 Å². The Morgan fingerprint density at radius 1 is 0.700 bits per heavy atom. The van der Waals surface area contributed by atoms with Gasteiger partial charge in [-0.1, -0.05) is 36.4 Å². The van der Waals surface area contributed by atoms with Crippen molar-refractivity contribution >= 4 is 0 Å². The summed E-state index contributed by atoms with van der Waals surface area (Å²) in [6.07, 6.45) is 7.57. The van der Waals surface area contributed by atoms with Crippen LogP contribution in [0.25, 0.3) is 0 Å². The number of hydrogen-bond acceptors (Lipinski definition) is 4. The molecule has 2 aromatic rings. The second-order valence-electron chi connectivity index (χ2n) is 8.47. The molecule has 30 heavy (non-hydrogen) atoms. The van der Waals surface area contributed by atoms with Crippen LogP contribution in [0.5, 0.6) is 11.5 Å². The lowest BCUT2D eigenvalue weighted by atomic mass is 9.82. The van der Waals surface area contributed by atoms with Gasteiger partial charge >= 0.3 is 0 Å². The van der Waals surface area contributed by atoms with Crippen molar-refractivity contribution < 1.29 is 9.47 Å². The van der Waals surface area contributed by atoms with E-state index in [1.165, 1.54) is 43.4 Å². The Morgan fingerprint density at radius 2 is 1.27 bits per heavy atom. The standard InChI is InChI=1S/C26H38N2O2/c1-29-25-13-12-22(18-26(25)30-2)15-17-28-20-24-10-8-23(9-11-24)19-27-16-14-21-6-4-3-5-7-21/h3-7,12-13,18,23-24,27-28H,8-11,14-17,19-20H2,1-2H3. The third-order valence-electron chi connectivity index (χ3n) is 6.30. The first kappa shape index (κ1) is 22.6. The van der Waals surface area contributed by atoms with Gasteiger partial charge in [-0.2, -0.15) is 0 Å². The lowest BCUT2D eigenvalue weighted by Crippen LogP contribution is -2.31. The predicted molar refractivity (Wildman–Crippen MR) is 125 cm³/mol. The highest BCUT2D eigenvalue weighted by Gasteiger charge is 2.20. The van der Waals surface area contributed by atoms with E-state index in [-0.39, 0.29) is 0 Å². The average Bonchev–Trinajstić information content (AvgIpc) is 2.81. The Labute approximate surface area is 182 Å². The van der Waals surface area contributed by atoms with E-state index in [2.05, 4.69) is 53.1 Å². The zero-order valence-electron chi connectivity index (χ0n) is 18.7. The van der Waals surface area contributed by atoms with Gasteiger partial charge in [0.2, 0.25) is 0 Å². The average molecular weight is 411 g/mol. The molecule has 0 bridgehead atoms. The summed E-state index contributed by atoms with van der Waals surface area (Å²) in [5, 5.41) is 7.34. The molecule has 1 aliphatic rings. The number of ether oxygens (including phenoxy) is 2. The monoisotopic (exact) mass is 410 g/mol. The van der Waals surface area contributed by atoms with Crippen LogP contribution in [0.3, 0.4) is 0 Å². The minimum atomic E-state index is 0.792. The summed E-state index contributed by atoms with van der Waals surface area (Å²) in [7, 11) is 3.36. The number of methoxy groups -OCH3 is 2. The number of benzene rings is 2. The Hall–Kier alpha value is -2.04. The molecular weight excluding hydrogens is 372 g/mol. The number of nitrogens with one attached hydrogen (secondary N) is 2. The zero-order chi connectivity index (χ0) is 21.0. The second kappa shape index (κ2) is 12.6. The first-order valence-electron chi connectivity index (χ1n) is 11.4. The summed E-state index contributed by atoms with van der Waals surface area (Å²) in [4.78, 5) is 0. The fraction of sp³-hybridized carbons (Fsp3) is 0.538. The largest absolute Gasteiger partial charge is 0.493 e. The molecule has 1 fully saturated rings. The molecule has 0 heterocycles. The predicted octanol–water partition coefficient (Wildman–Crippen LogP) is 4.47. The van der Waals surface area contributed by atoms with Gasteiger partial charge in [-0.25, -0.2) is 0 Å². The van der Waals surface area contributed by atoms with E-state index < -0.39 is 0 Å². The van der Waals surface area contributed by atoms with Crippen LogP contribution in [0.1, 0.15) is 36.8 Å². The van der Waals surface area contributed by atoms with Crippen molar-refractivity contribution in [1.82, 2.24) is 10.6 Å². The van der Waals surface area contributed by atoms with Gasteiger partial charge in [0.25, 0.3) is 0 Å². The first-order chi connectivity index (χ1) is 14.8. The fourth-order valence-corrected chi connectivity index (χ4v) is 4.40. The molecule has 0 aromatic heterocycles. The maximum atomic E-state index is 5.40. The molecule has 1 aliphatic carbocycles. The highest BCUT2D eigenvalue weighted by molar-refractivity contribution is 5.42. The quantitative estimate of drug-likeness (QED) is 0.507. The minimum Gasteiger partial charge on any atom is -0.493 e. The molecule has 4 nitrogen and oxygen atoms in total. The lowest BCUT2D eigenvalue weighted by Gasteiger charge is -2.29. The Morgan fingerprint density at radius 3 is 1.83 bits per heavy atom. The molecule has 0 spiro atoms. The van der Waals surface area contributed by atoms with Crippen LogP contribution in [-0.2, 0) is 12.8 Å². The molecule has 0 saturated heterocycles. The van der Waals surface area contributed by atoms with E-state index in [1.807, 2.05) is 6.07 Å². The summed E-state index contributed by atoms with van der Waals surface area (Å²) in [6.45, 7) is 4.41. The van der Waals surface area contributed by atoms with Gasteiger partial charge in [-0.15, -0.1) is 0 Å². The molecule has 4 heteroatoms. The third kappa shape index (κ3) is 7.33. The summed E-state index contributed by atoms with van der Waals surface area (Å²) in [5.74, 6) is 3.28. The van der Waals surface area contributed by atoms with Crippen molar-refractivity contribution in [1.29, 1.82) is 0 Å². The van der Waals surface area contributed by atoms with Gasteiger partial charge < -0.3 is 20.1 Å². The van der Waals surface area contributed by atoms with E-state index in [0.29, 0.717) is 0 Å². The normalized spacial score (nSPS) is 18.9. The van der Waals surface area contributed by atoms with Crippen LogP contribution in [-0.4, -0.2) is 40.4 Å². The van der Waals surface area contributed by atoms with Crippen LogP contribution in [0, 0.1) is 11.8 Å². The molecule has 2 aromatic carbocycles. The summed E-state index contributed by atoms with van der Waals surface area (Å²) in [6, 6.07) is 17.0. The topological polar surface area (TPSA) is 42.5 Å². The molecule has 1 saturated carbocycles. The molecule has 2 N–H and O–H groups in total. The Kier molecular flexibility index (Phi) is 9.52. The van der Waals surface area contributed by atoms with E-state index >= 15 is 0 Å². The zero-order valence-corrected chi connectivity index (χ0v) is 18.7. The van der Waals surface area contributed by atoms with Gasteiger partial charge in [0.05, 0.1) is 14.2 Å². The molecule has 0 unspecified atom stereocenters. The highest BCUT2D eigenvalue weighted by atomic mass is 16.5. The maximum Gasteiger partial charge on any atom is 0.160 e. The number of hydrogen-bond donors (Lipinski definition) is 2. The van der Waals surface area contributed by atoms with E-state index in [4.69, 9.17) is 9.47 Å². The first-order valence-corrected chi connectivity index (χ1v) is 11.4. The van der Waals surface area contributed by atoms with Crippen LogP contribution in [0.4, 0.5) is 0 Å². The molecular formula is C26H38N2O2. The van der Waals surface area contributed by atoms with Crippen molar-refractivity contribution in [2.45, 2.75) is 38.5 Å². The minimum absolute atomic E-state index is 0.792. The molecule has 0 aliphatic heterocycles. The van der Waals surface area contributed by atoms with Crippen molar-refractivity contribution in [3.05, 3.63) is 59.7 Å². The van der Waals surface area contributed by atoms with Gasteiger partial charge in [0.15, 0.2) is 11.5 Å². The van der Waals surface area contributed by atoms with E-state index in [0.717, 1.165) is 55.8 Å². The highest BCUT2D eigenvalue weighted by Crippen LogP contribution is 2.29. The summed E-state index contributed by atoms with van der Waals surface area (Å²) < 4.78 is 10.7. The van der Waals surface area contributed by atoms with Crippen LogP contribution < -0.4 is 20.1 Å². The Bertz CT molecular complexity index is 727. The Balaban J connectivity index is 1.24. The van der Waals surface area contributed by atoms with Gasteiger partial charge in [0, 0.05) is 0 Å². The van der Waals surface area contributed by atoms with E-state index in [9.17, 15) is 0 Å². The van der Waals surface area contributed by atoms with Crippen molar-refractivity contribution in [3.63, 3.8) is 0 Å². The molecule has 0 atom stereocenters. The molecule has 0 amide bonds. The second-order valence-corrected chi connectivity index (χ2v) is 8.47. The van der Waals surface area contributed by atoms with Gasteiger partial charge in [-0.3, -0.25) is 0 Å². The van der Waals surface area contributed by atoms with E-state index in [1.54, 1.807) is 14.2 Å². The van der Waals surface area contributed by atoms with Crippen molar-refractivity contribution in [2.24, 2.45) is 11.8 Å². The number of rotatable bonds is 12. The maximum absolute atomic E-state index is 5.40. The molecule has 3 rings (SSSR count). The molecule has 0 radical (unpaired) electrons. The van der Waals surface area contributed by atoms with Gasteiger partial charge in [0.1, 0.15) is 0 Å². The third-order valence-corrected chi connectivity index (χ3v) is 6.30. The molecule has 164 valence electrons. The van der Waals surface area contributed by atoms with Crippen LogP contribution in [0.15, 0.2) is 48.5 Å². The van der Waals surface area contributed by atoms with Crippen LogP contribution in [0.2, 0.25) is 0 Å². The smallest absolute Gasteiger partial charge is 0.160 e. The van der Waals surface area contributed by atoms with Crippen LogP contribution >= 0.6 is 0 Å². The lowest BCUT2D eigenvalue weighted by molar-refractivity contribution is 0.262. The SMILES string of the molecule is COc1ccc(CCNCC2CCC(CNCCc3ccccc3)CC2)cc1OC. The summed E-state index contributed by atoms with van der Waals surface area (Å²) >= 11 is 0. The van der Waals surface area contributed by atoms with Gasteiger partial charge in [-0.05, 0) is 99.8 Å². The van der Waals surface area contributed by atoms with Crippen molar-refractivity contribution in [3.8, 4) is 11.5 Å². The fourth-order valence-electron chi connectivity index (χ4n) is 4.40. The summed E-state index contributed by atoms with van der Waals surface area (Å²) in [5.41, 5.74) is 2.71.